The Labute approximate surface area is 165 Å². The maximum Gasteiger partial charge on any atom is 0.247 e. The first-order chi connectivity index (χ1) is 13.4. The van der Waals surface area contributed by atoms with Crippen LogP contribution in [0.15, 0.2) is 42.5 Å². The average Bonchev–Trinajstić information content (AvgIpc) is 3.07. The molecule has 0 saturated carbocycles. The van der Waals surface area contributed by atoms with Crippen LogP contribution in [0.4, 0.5) is 21.5 Å². The fourth-order valence-electron chi connectivity index (χ4n) is 3.65. The standard InChI is InChI=1S/C22H26FN3O2/c1-4-25(5-2)18-10-11-19(15(3)14-18)24-22(28)20-12-13-21(27)26(20)17-8-6-16(23)7-9-17/h6-11,14,20H,4-5,12-13H2,1-3H3,(H,24,28). The van der Waals surface area contributed by atoms with Crippen LogP contribution in [0.5, 0.6) is 0 Å². The van der Waals surface area contributed by atoms with Gasteiger partial charge >= 0.3 is 0 Å². The van der Waals surface area contributed by atoms with Crippen LogP contribution in [-0.2, 0) is 9.59 Å². The number of halogens is 1. The van der Waals surface area contributed by atoms with Gasteiger partial charge in [0, 0.05) is 36.6 Å². The molecule has 148 valence electrons. The maximum atomic E-state index is 13.2. The number of carbonyl (C=O) groups excluding carboxylic acids is 2. The van der Waals surface area contributed by atoms with Gasteiger partial charge in [-0.25, -0.2) is 4.39 Å². The lowest BCUT2D eigenvalue weighted by atomic mass is 10.1. The van der Waals surface area contributed by atoms with E-state index in [2.05, 4.69) is 30.1 Å². The number of carbonyl (C=O) groups is 2. The summed E-state index contributed by atoms with van der Waals surface area (Å²) in [5, 5.41) is 2.96. The van der Waals surface area contributed by atoms with Gasteiger partial charge in [-0.05, 0) is 75.2 Å². The van der Waals surface area contributed by atoms with Gasteiger partial charge in [-0.15, -0.1) is 0 Å². The zero-order valence-corrected chi connectivity index (χ0v) is 16.5. The molecule has 0 bridgehead atoms. The number of aryl methyl sites for hydroxylation is 1. The maximum absolute atomic E-state index is 13.2. The van der Waals surface area contributed by atoms with Crippen molar-refractivity contribution in [2.24, 2.45) is 0 Å². The molecular formula is C22H26FN3O2. The van der Waals surface area contributed by atoms with Gasteiger partial charge in [-0.2, -0.15) is 0 Å². The van der Waals surface area contributed by atoms with Gasteiger partial charge in [0.2, 0.25) is 11.8 Å². The van der Waals surface area contributed by atoms with Gasteiger partial charge in [0.25, 0.3) is 0 Å². The Morgan fingerprint density at radius 3 is 2.46 bits per heavy atom. The zero-order chi connectivity index (χ0) is 20.3. The molecule has 1 atom stereocenters. The van der Waals surface area contributed by atoms with Gasteiger partial charge < -0.3 is 10.2 Å². The molecule has 1 aliphatic rings. The first-order valence-corrected chi connectivity index (χ1v) is 9.68. The topological polar surface area (TPSA) is 52.7 Å². The quantitative estimate of drug-likeness (QED) is 0.817. The molecular weight excluding hydrogens is 357 g/mol. The molecule has 1 N–H and O–H groups in total. The largest absolute Gasteiger partial charge is 0.372 e. The molecule has 1 saturated heterocycles. The molecule has 0 aliphatic carbocycles. The fourth-order valence-corrected chi connectivity index (χ4v) is 3.65. The van der Waals surface area contributed by atoms with Crippen molar-refractivity contribution in [3.05, 3.63) is 53.8 Å². The minimum atomic E-state index is -0.597. The minimum Gasteiger partial charge on any atom is -0.372 e. The average molecular weight is 383 g/mol. The molecule has 5 nitrogen and oxygen atoms in total. The van der Waals surface area contributed by atoms with Crippen LogP contribution in [0.2, 0.25) is 0 Å². The van der Waals surface area contributed by atoms with Crippen LogP contribution in [-0.4, -0.2) is 30.9 Å². The molecule has 1 aliphatic heterocycles. The van der Waals surface area contributed by atoms with E-state index in [1.54, 1.807) is 0 Å². The van der Waals surface area contributed by atoms with E-state index in [4.69, 9.17) is 0 Å². The van der Waals surface area contributed by atoms with Crippen LogP contribution in [0, 0.1) is 12.7 Å². The highest BCUT2D eigenvalue weighted by Gasteiger charge is 2.37. The van der Waals surface area contributed by atoms with Crippen molar-refractivity contribution < 1.29 is 14.0 Å². The van der Waals surface area contributed by atoms with Crippen molar-refractivity contribution in [3.8, 4) is 0 Å². The molecule has 28 heavy (non-hydrogen) atoms. The van der Waals surface area contributed by atoms with E-state index in [-0.39, 0.29) is 17.6 Å². The lowest BCUT2D eigenvalue weighted by Gasteiger charge is -2.25. The number of hydrogen-bond donors (Lipinski definition) is 1. The molecule has 2 amide bonds. The SMILES string of the molecule is CCN(CC)c1ccc(NC(=O)C2CCC(=O)N2c2ccc(F)cc2)c(C)c1. The third-order valence-corrected chi connectivity index (χ3v) is 5.22. The molecule has 0 radical (unpaired) electrons. The summed E-state index contributed by atoms with van der Waals surface area (Å²) in [7, 11) is 0. The zero-order valence-electron chi connectivity index (χ0n) is 16.5. The van der Waals surface area contributed by atoms with Crippen LogP contribution in [0.3, 0.4) is 0 Å². The van der Waals surface area contributed by atoms with Crippen LogP contribution in [0.25, 0.3) is 0 Å². The Morgan fingerprint density at radius 2 is 1.86 bits per heavy atom. The van der Waals surface area contributed by atoms with E-state index in [1.165, 1.54) is 29.2 Å². The van der Waals surface area contributed by atoms with Crippen molar-refractivity contribution in [1.82, 2.24) is 0 Å². The third-order valence-electron chi connectivity index (χ3n) is 5.22. The van der Waals surface area contributed by atoms with E-state index in [1.807, 2.05) is 19.1 Å². The predicted molar refractivity (Wildman–Crippen MR) is 110 cm³/mol. The monoisotopic (exact) mass is 383 g/mol. The Morgan fingerprint density at radius 1 is 1.18 bits per heavy atom. The highest BCUT2D eigenvalue weighted by atomic mass is 19.1. The van der Waals surface area contributed by atoms with Gasteiger partial charge in [0.05, 0.1) is 0 Å². The summed E-state index contributed by atoms with van der Waals surface area (Å²) < 4.78 is 13.2. The summed E-state index contributed by atoms with van der Waals surface area (Å²) in [4.78, 5) is 28.9. The molecule has 1 unspecified atom stereocenters. The summed E-state index contributed by atoms with van der Waals surface area (Å²) in [6, 6.07) is 11.0. The lowest BCUT2D eigenvalue weighted by molar-refractivity contribution is -0.120. The number of rotatable bonds is 6. The first-order valence-electron chi connectivity index (χ1n) is 9.68. The molecule has 0 spiro atoms. The van der Waals surface area contributed by atoms with Crippen molar-refractivity contribution >= 4 is 28.9 Å². The van der Waals surface area contributed by atoms with Crippen LogP contribution >= 0.6 is 0 Å². The molecule has 1 heterocycles. The van der Waals surface area contributed by atoms with Gasteiger partial charge in [-0.1, -0.05) is 0 Å². The Kier molecular flexibility index (Phi) is 5.97. The van der Waals surface area contributed by atoms with Crippen molar-refractivity contribution in [2.45, 2.75) is 39.7 Å². The van der Waals surface area contributed by atoms with Gasteiger partial charge in [-0.3, -0.25) is 14.5 Å². The number of benzene rings is 2. The van der Waals surface area contributed by atoms with Crippen LogP contribution < -0.4 is 15.1 Å². The number of anilines is 3. The fraction of sp³-hybridized carbons (Fsp3) is 0.364. The summed E-state index contributed by atoms with van der Waals surface area (Å²) in [6.07, 6.45) is 0.744. The second-order valence-electron chi connectivity index (χ2n) is 6.96. The first kappa shape index (κ1) is 19.9. The predicted octanol–water partition coefficient (Wildman–Crippen LogP) is 4.11. The summed E-state index contributed by atoms with van der Waals surface area (Å²) >= 11 is 0. The van der Waals surface area contributed by atoms with E-state index >= 15 is 0 Å². The lowest BCUT2D eigenvalue weighted by Crippen LogP contribution is -2.41. The smallest absolute Gasteiger partial charge is 0.247 e. The Balaban J connectivity index is 1.78. The van der Waals surface area contributed by atoms with Crippen LogP contribution in [0.1, 0.15) is 32.3 Å². The second kappa shape index (κ2) is 8.42. The van der Waals surface area contributed by atoms with Crippen molar-refractivity contribution in [2.75, 3.05) is 28.2 Å². The number of amides is 2. The highest BCUT2D eigenvalue weighted by molar-refractivity contribution is 6.07. The minimum absolute atomic E-state index is 0.125. The molecule has 2 aromatic rings. The summed E-state index contributed by atoms with van der Waals surface area (Å²) in [5.41, 5.74) is 3.36. The van der Waals surface area contributed by atoms with E-state index < -0.39 is 6.04 Å². The summed E-state index contributed by atoms with van der Waals surface area (Å²) in [5.74, 6) is -0.727. The normalized spacial score (nSPS) is 16.4. The third kappa shape index (κ3) is 4.01. The summed E-state index contributed by atoms with van der Waals surface area (Å²) in [6.45, 7) is 8.00. The molecule has 1 fully saturated rings. The molecule has 0 aromatic heterocycles. The highest BCUT2D eigenvalue weighted by Crippen LogP contribution is 2.29. The van der Waals surface area contributed by atoms with E-state index in [0.29, 0.717) is 18.5 Å². The van der Waals surface area contributed by atoms with Crippen molar-refractivity contribution in [3.63, 3.8) is 0 Å². The van der Waals surface area contributed by atoms with Gasteiger partial charge in [0.1, 0.15) is 11.9 Å². The number of hydrogen-bond acceptors (Lipinski definition) is 3. The Hall–Kier alpha value is -2.89. The Bertz CT molecular complexity index is 863. The molecule has 3 rings (SSSR count). The van der Waals surface area contributed by atoms with E-state index in [9.17, 15) is 14.0 Å². The van der Waals surface area contributed by atoms with Gasteiger partial charge in [0.15, 0.2) is 0 Å². The number of nitrogens with zero attached hydrogens (tertiary/aromatic N) is 2. The van der Waals surface area contributed by atoms with E-state index in [0.717, 1.165) is 30.0 Å². The molecule has 6 heteroatoms. The molecule has 2 aromatic carbocycles. The number of nitrogens with one attached hydrogen (secondary N) is 1. The second-order valence-corrected chi connectivity index (χ2v) is 6.96. The van der Waals surface area contributed by atoms with Crippen molar-refractivity contribution in [1.29, 1.82) is 0 Å².